The largest absolute Gasteiger partial charge is 0.450 e. The molecule has 1 spiro atoms. The van der Waals surface area contributed by atoms with Gasteiger partial charge in [-0.1, -0.05) is 30.3 Å². The summed E-state index contributed by atoms with van der Waals surface area (Å²) in [5.74, 6) is -0.991. The van der Waals surface area contributed by atoms with Crippen molar-refractivity contribution >= 4 is 23.0 Å². The van der Waals surface area contributed by atoms with Gasteiger partial charge in [0.15, 0.2) is 5.58 Å². The number of fused-ring (bicyclic) bond motifs is 3. The quantitative estimate of drug-likeness (QED) is 0.639. The van der Waals surface area contributed by atoms with Gasteiger partial charge in [0.05, 0.1) is 11.1 Å². The van der Waals surface area contributed by atoms with E-state index in [1.54, 1.807) is 35.2 Å². The van der Waals surface area contributed by atoms with Gasteiger partial charge in [0.1, 0.15) is 12.1 Å². The summed E-state index contributed by atoms with van der Waals surface area (Å²) in [6, 6.07) is 14.5. The van der Waals surface area contributed by atoms with Crippen LogP contribution in [0.3, 0.4) is 0 Å². The van der Waals surface area contributed by atoms with Crippen LogP contribution in [0.2, 0.25) is 0 Å². The first-order chi connectivity index (χ1) is 13.6. The topological polar surface area (TPSA) is 81.8 Å². The molecule has 7 heteroatoms. The van der Waals surface area contributed by atoms with Crippen LogP contribution in [-0.4, -0.2) is 34.4 Å². The lowest BCUT2D eigenvalue weighted by molar-refractivity contribution is -0.136. The van der Waals surface area contributed by atoms with Crippen LogP contribution in [-0.2, 0) is 21.7 Å². The second-order valence-corrected chi connectivity index (χ2v) is 7.23. The maximum atomic E-state index is 12.8. The van der Waals surface area contributed by atoms with Gasteiger partial charge in [-0.3, -0.25) is 9.36 Å². The number of nitrogens with zero attached hydrogens (tertiary/aromatic N) is 2. The van der Waals surface area contributed by atoms with Crippen molar-refractivity contribution < 1.29 is 18.7 Å². The van der Waals surface area contributed by atoms with Crippen LogP contribution in [0, 0.1) is 0 Å². The number of hydrogen-bond donors (Lipinski definition) is 0. The molecule has 1 fully saturated rings. The number of hydrogen-bond acceptors (Lipinski definition) is 5. The summed E-state index contributed by atoms with van der Waals surface area (Å²) in [5, 5.41) is 0. The minimum absolute atomic E-state index is 0.0702. The number of para-hydroxylation sites is 2. The molecule has 142 valence electrons. The molecule has 3 heterocycles. The summed E-state index contributed by atoms with van der Waals surface area (Å²) in [6.45, 7) is 0.856. The van der Waals surface area contributed by atoms with Gasteiger partial charge in [-0.2, -0.15) is 0 Å². The number of carbonyl (C=O) groups excluding carboxylic acids is 2. The van der Waals surface area contributed by atoms with E-state index in [9.17, 15) is 14.4 Å². The SMILES string of the molecule is O=C1OC2(CCN(C(=O)Cn3c(=O)oc4ccccc43)CC2)c2ccccc21. The highest BCUT2D eigenvalue weighted by atomic mass is 16.6. The smallest absolute Gasteiger partial charge is 0.420 e. The van der Waals surface area contributed by atoms with E-state index >= 15 is 0 Å². The first-order valence-electron chi connectivity index (χ1n) is 9.26. The zero-order chi connectivity index (χ0) is 19.3. The fraction of sp³-hybridized carbons (Fsp3) is 0.286. The molecule has 2 aliphatic heterocycles. The Labute approximate surface area is 160 Å². The van der Waals surface area contributed by atoms with Gasteiger partial charge in [0, 0.05) is 31.5 Å². The molecule has 7 nitrogen and oxygen atoms in total. The van der Waals surface area contributed by atoms with E-state index in [4.69, 9.17) is 9.15 Å². The highest BCUT2D eigenvalue weighted by molar-refractivity contribution is 5.94. The summed E-state index contributed by atoms with van der Waals surface area (Å²) >= 11 is 0. The van der Waals surface area contributed by atoms with Crippen LogP contribution in [0.1, 0.15) is 28.8 Å². The van der Waals surface area contributed by atoms with E-state index in [1.807, 2.05) is 18.2 Å². The number of piperidine rings is 1. The van der Waals surface area contributed by atoms with Crippen molar-refractivity contribution in [1.82, 2.24) is 9.47 Å². The maximum absolute atomic E-state index is 12.8. The Bertz CT molecular complexity index is 1150. The molecule has 0 N–H and O–H groups in total. The van der Waals surface area contributed by atoms with Gasteiger partial charge in [0.25, 0.3) is 0 Å². The van der Waals surface area contributed by atoms with Crippen molar-refractivity contribution in [2.45, 2.75) is 25.0 Å². The average Bonchev–Trinajstić information content (AvgIpc) is 3.17. The molecule has 0 atom stereocenters. The molecule has 0 aliphatic carbocycles. The van der Waals surface area contributed by atoms with E-state index in [0.717, 1.165) is 5.56 Å². The standard InChI is InChI=1S/C21H18N2O5/c24-18(13-23-16-7-3-4-8-17(16)27-20(23)26)22-11-9-21(10-12-22)15-6-2-1-5-14(15)19(25)28-21/h1-8H,9-13H2. The Morgan fingerprint density at radius 2 is 1.71 bits per heavy atom. The lowest BCUT2D eigenvalue weighted by Crippen LogP contribution is -2.46. The Morgan fingerprint density at radius 3 is 2.54 bits per heavy atom. The number of rotatable bonds is 2. The van der Waals surface area contributed by atoms with Gasteiger partial charge >= 0.3 is 11.7 Å². The van der Waals surface area contributed by atoms with Crippen molar-refractivity contribution in [3.63, 3.8) is 0 Å². The molecule has 1 aromatic heterocycles. The summed E-state index contributed by atoms with van der Waals surface area (Å²) in [4.78, 5) is 38.8. The molecular formula is C21H18N2O5. The minimum Gasteiger partial charge on any atom is -0.450 e. The minimum atomic E-state index is -0.649. The first-order valence-corrected chi connectivity index (χ1v) is 9.26. The second kappa shape index (κ2) is 6.09. The van der Waals surface area contributed by atoms with Crippen molar-refractivity contribution in [2.75, 3.05) is 13.1 Å². The lowest BCUT2D eigenvalue weighted by atomic mass is 9.84. The van der Waals surface area contributed by atoms with E-state index < -0.39 is 11.4 Å². The first kappa shape index (κ1) is 16.8. The second-order valence-electron chi connectivity index (χ2n) is 7.23. The van der Waals surface area contributed by atoms with Gasteiger partial charge in [-0.25, -0.2) is 9.59 Å². The summed E-state index contributed by atoms with van der Waals surface area (Å²) in [7, 11) is 0. The molecule has 3 aromatic rings. The van der Waals surface area contributed by atoms with Gasteiger partial charge < -0.3 is 14.1 Å². The number of ether oxygens (including phenoxy) is 1. The highest BCUT2D eigenvalue weighted by Crippen LogP contribution is 2.43. The highest BCUT2D eigenvalue weighted by Gasteiger charge is 2.47. The Kier molecular flexibility index (Phi) is 3.65. The van der Waals surface area contributed by atoms with Crippen LogP contribution in [0.5, 0.6) is 0 Å². The Morgan fingerprint density at radius 1 is 1.00 bits per heavy atom. The van der Waals surface area contributed by atoms with Crippen molar-refractivity contribution in [3.8, 4) is 0 Å². The number of amides is 1. The third kappa shape index (κ3) is 2.46. The normalized spacial score (nSPS) is 17.7. The zero-order valence-electron chi connectivity index (χ0n) is 15.1. The molecule has 5 rings (SSSR count). The lowest BCUT2D eigenvalue weighted by Gasteiger charge is -2.38. The number of oxazole rings is 1. The van der Waals surface area contributed by atoms with Crippen molar-refractivity contribution in [3.05, 3.63) is 70.2 Å². The molecule has 1 amide bonds. The molecule has 28 heavy (non-hydrogen) atoms. The Balaban J connectivity index is 1.34. The fourth-order valence-electron chi connectivity index (χ4n) is 4.23. The van der Waals surface area contributed by atoms with Crippen molar-refractivity contribution in [1.29, 1.82) is 0 Å². The Hall–Kier alpha value is -3.35. The molecule has 0 radical (unpaired) electrons. The van der Waals surface area contributed by atoms with Gasteiger partial charge in [0.2, 0.25) is 5.91 Å². The monoisotopic (exact) mass is 378 g/mol. The van der Waals surface area contributed by atoms with E-state index in [0.29, 0.717) is 42.6 Å². The van der Waals surface area contributed by atoms with Crippen LogP contribution in [0.15, 0.2) is 57.7 Å². The number of aromatic nitrogens is 1. The molecule has 2 aliphatic rings. The van der Waals surface area contributed by atoms with Crippen LogP contribution >= 0.6 is 0 Å². The van der Waals surface area contributed by atoms with Crippen molar-refractivity contribution in [2.24, 2.45) is 0 Å². The number of likely N-dealkylation sites (tertiary alicyclic amines) is 1. The number of benzene rings is 2. The van der Waals surface area contributed by atoms with E-state index in [2.05, 4.69) is 0 Å². The molecular weight excluding hydrogens is 360 g/mol. The third-order valence-corrected chi connectivity index (χ3v) is 5.72. The number of esters is 1. The zero-order valence-corrected chi connectivity index (χ0v) is 15.1. The summed E-state index contributed by atoms with van der Waals surface area (Å²) in [6.07, 6.45) is 1.09. The number of carbonyl (C=O) groups is 2. The predicted molar refractivity (Wildman–Crippen MR) is 99.8 cm³/mol. The van der Waals surface area contributed by atoms with Crippen LogP contribution < -0.4 is 5.76 Å². The predicted octanol–water partition coefficient (Wildman–Crippen LogP) is 2.28. The van der Waals surface area contributed by atoms with Gasteiger partial charge in [-0.05, 0) is 18.2 Å². The van der Waals surface area contributed by atoms with Crippen LogP contribution in [0.4, 0.5) is 0 Å². The molecule has 0 saturated carbocycles. The van der Waals surface area contributed by atoms with Crippen LogP contribution in [0.25, 0.3) is 11.1 Å². The summed E-state index contributed by atoms with van der Waals surface area (Å²) in [5.41, 5.74) is 1.94. The van der Waals surface area contributed by atoms with E-state index in [1.165, 1.54) is 4.57 Å². The molecule has 0 unspecified atom stereocenters. The molecule has 0 bridgehead atoms. The average molecular weight is 378 g/mol. The maximum Gasteiger partial charge on any atom is 0.420 e. The fourth-order valence-corrected chi connectivity index (χ4v) is 4.23. The summed E-state index contributed by atoms with van der Waals surface area (Å²) < 4.78 is 12.3. The third-order valence-electron chi connectivity index (χ3n) is 5.72. The molecule has 1 saturated heterocycles. The van der Waals surface area contributed by atoms with E-state index in [-0.39, 0.29) is 18.4 Å². The van der Waals surface area contributed by atoms with Gasteiger partial charge in [-0.15, -0.1) is 0 Å². The molecule has 2 aromatic carbocycles.